The Bertz CT molecular complexity index is 2630. The summed E-state index contributed by atoms with van der Waals surface area (Å²) in [5.74, 6) is 0.821. The van der Waals surface area contributed by atoms with Crippen LogP contribution in [0.1, 0.15) is 33.6 Å². The molecule has 5 heterocycles. The summed E-state index contributed by atoms with van der Waals surface area (Å²) >= 11 is 7.06. The third-order valence-corrected chi connectivity index (χ3v) is 16.6. The average molecular weight is 915 g/mol. The van der Waals surface area contributed by atoms with Gasteiger partial charge in [-0.05, 0) is 123 Å². The van der Waals surface area contributed by atoms with Crippen LogP contribution in [0, 0.1) is 11.8 Å². The lowest BCUT2D eigenvalue weighted by molar-refractivity contribution is -0.0236. The van der Waals surface area contributed by atoms with Crippen LogP contribution in [0.25, 0.3) is 35.5 Å². The molecule has 324 valence electrons. The van der Waals surface area contributed by atoms with E-state index in [0.29, 0.717) is 78.5 Å². The van der Waals surface area contributed by atoms with Crippen LogP contribution in [-0.2, 0) is 38.2 Å². The maximum absolute atomic E-state index is 12.5. The van der Waals surface area contributed by atoms with E-state index in [1.807, 2.05) is 0 Å². The van der Waals surface area contributed by atoms with Gasteiger partial charge < -0.3 is 33.9 Å². The fraction of sp³-hybridized carbons (Fsp3) is 0.308. The van der Waals surface area contributed by atoms with Crippen molar-refractivity contribution in [2.24, 2.45) is 11.8 Å². The molecular weight excluding hydrogens is 865 g/mol. The molecule has 7 nitrogen and oxygen atoms in total. The molecule has 4 aliphatic rings. The van der Waals surface area contributed by atoms with Crippen molar-refractivity contribution >= 4 is 50.9 Å². The first-order valence-corrected chi connectivity index (χ1v) is 25.1. The zero-order valence-electron chi connectivity index (χ0n) is 34.9. The number of aliphatic hydroxyl groups is 1. The molecule has 10 rings (SSSR count). The molecule has 0 saturated carbocycles. The number of phenolic OH excluding ortho intramolecular Hbond substituents is 1. The van der Waals surface area contributed by atoms with Crippen LogP contribution in [0.5, 0.6) is 11.5 Å². The van der Waals surface area contributed by atoms with Gasteiger partial charge in [-0.3, -0.25) is 0 Å². The topological polar surface area (TPSA) is 86.6 Å². The molecule has 0 amide bonds. The van der Waals surface area contributed by atoms with Gasteiger partial charge in [0, 0.05) is 47.5 Å². The summed E-state index contributed by atoms with van der Waals surface area (Å²) in [5, 5.41) is 29.1. The molecule has 2 aromatic carbocycles. The predicted molar refractivity (Wildman–Crippen MR) is 258 cm³/mol. The van der Waals surface area contributed by atoms with E-state index in [1.165, 1.54) is 24.4 Å². The van der Waals surface area contributed by atoms with E-state index in [-0.39, 0.29) is 23.7 Å². The Kier molecular flexibility index (Phi) is 13.4. The summed E-state index contributed by atoms with van der Waals surface area (Å²) in [6, 6.07) is 28.0. The van der Waals surface area contributed by atoms with E-state index in [0.717, 1.165) is 55.2 Å². The summed E-state index contributed by atoms with van der Waals surface area (Å²) in [6.45, 7) is 3.37. The van der Waals surface area contributed by atoms with E-state index >= 15 is 0 Å². The lowest BCUT2D eigenvalue weighted by Gasteiger charge is -2.35. The standard InChI is InChI=1S/C52H50O7S4/c53-49-39-25-33-5-1-6-34-26-40-30-38(44-12-14-48(63-44)46-10-4-24-61-46)32-42(50(40)54)28-36-8-2-7-35(52(36)59-22-20-57-18-16-55-15-17-56-19-21-58-51(33)34)27-41(49)31-37(29-39)43-11-13-47(62-43)45-9-3-23-60-45/h1-14,23-24,29-33,39,49,51,53-54H,15-22,25-28H2/t33?,39-,49-,51?/m1/s1. The molecule has 11 heteroatoms. The predicted octanol–water partition coefficient (Wildman–Crippen LogP) is 11.7. The number of allylic oxidation sites excluding steroid dienone is 4. The monoisotopic (exact) mass is 914 g/mol. The van der Waals surface area contributed by atoms with Gasteiger partial charge in [-0.25, -0.2) is 0 Å². The van der Waals surface area contributed by atoms with E-state index in [1.54, 1.807) is 45.3 Å². The number of fused-ring (bicyclic) bond motifs is 2. The van der Waals surface area contributed by atoms with E-state index < -0.39 is 6.10 Å². The second kappa shape index (κ2) is 19.8. The zero-order chi connectivity index (χ0) is 42.5. The van der Waals surface area contributed by atoms with Gasteiger partial charge in [-0.2, -0.15) is 0 Å². The van der Waals surface area contributed by atoms with Crippen LogP contribution in [0.4, 0.5) is 0 Å². The van der Waals surface area contributed by atoms with E-state index in [9.17, 15) is 10.2 Å². The molecule has 0 saturated heterocycles. The Morgan fingerprint density at radius 1 is 0.571 bits per heavy atom. The van der Waals surface area contributed by atoms with Crippen molar-refractivity contribution in [2.45, 2.75) is 37.9 Å². The largest absolute Gasteiger partial charge is 0.507 e. The lowest BCUT2D eigenvalue weighted by atomic mass is 9.75. The molecule has 63 heavy (non-hydrogen) atoms. The normalized spacial score (nSPS) is 22.4. The second-order valence-corrected chi connectivity index (χ2v) is 20.4. The number of thiophene rings is 4. The van der Waals surface area contributed by atoms with Crippen LogP contribution in [0.2, 0.25) is 0 Å². The number of hydrogen-bond donors (Lipinski definition) is 2. The number of ether oxygens (including phenoxy) is 5. The summed E-state index contributed by atoms with van der Waals surface area (Å²) in [6.07, 6.45) is 12.1. The van der Waals surface area contributed by atoms with Crippen LogP contribution in [0.15, 0.2) is 131 Å². The molecule has 2 N–H and O–H groups in total. The maximum Gasteiger partial charge on any atom is 0.126 e. The molecule has 6 aromatic rings. The van der Waals surface area contributed by atoms with Crippen LogP contribution in [-0.4, -0.2) is 75.3 Å². The highest BCUT2D eigenvalue weighted by Crippen LogP contribution is 2.45. The second-order valence-electron chi connectivity index (χ2n) is 16.3. The maximum atomic E-state index is 12.5. The Balaban J connectivity index is 1.11. The van der Waals surface area contributed by atoms with E-state index in [2.05, 4.69) is 120 Å². The Morgan fingerprint density at radius 2 is 1.19 bits per heavy atom. The minimum atomic E-state index is -0.716. The zero-order valence-corrected chi connectivity index (χ0v) is 38.2. The number of phenols is 1. The van der Waals surface area contributed by atoms with Crippen molar-refractivity contribution in [3.63, 3.8) is 0 Å². The SMILES string of the molecule is Oc1c2cc(-c3ccc(-c4cccs4)s3)cc1Cc1cccc3c1OCCOCCOCCOCCOC1C(=CC=CC1C[C@@H]1C=C(c4ccc(-c5cccs5)s4)C=C(C3)[C@@H]1O)C2. The summed E-state index contributed by atoms with van der Waals surface area (Å²) < 4.78 is 31.3. The van der Waals surface area contributed by atoms with Crippen LogP contribution >= 0.6 is 45.3 Å². The average Bonchev–Trinajstić information content (AvgIpc) is 4.14. The first kappa shape index (κ1) is 42.5. The number of para-hydroxylation sites is 1. The Hall–Kier alpha value is -4.40. The van der Waals surface area contributed by atoms with Crippen molar-refractivity contribution < 1.29 is 33.9 Å². The Labute approximate surface area is 384 Å². The molecule has 0 radical (unpaired) electrons. The summed E-state index contributed by atoms with van der Waals surface area (Å²) in [5.41, 5.74) is 7.85. The first-order valence-electron chi connectivity index (χ1n) is 21.7. The van der Waals surface area contributed by atoms with Crippen LogP contribution < -0.4 is 4.74 Å². The molecule has 4 aromatic heterocycles. The summed E-state index contributed by atoms with van der Waals surface area (Å²) in [4.78, 5) is 7.28. The quantitative estimate of drug-likeness (QED) is 0.182. The van der Waals surface area contributed by atoms with Gasteiger partial charge in [0.25, 0.3) is 0 Å². The number of aliphatic hydroxyl groups excluding tert-OH is 1. The first-order chi connectivity index (χ1) is 31.0. The van der Waals surface area contributed by atoms with Gasteiger partial charge in [-0.15, -0.1) is 45.3 Å². The smallest absolute Gasteiger partial charge is 0.126 e. The van der Waals surface area contributed by atoms with Crippen molar-refractivity contribution in [3.8, 4) is 41.4 Å². The number of aromatic hydroxyl groups is 1. The highest BCUT2D eigenvalue weighted by atomic mass is 32.1. The van der Waals surface area contributed by atoms with Crippen molar-refractivity contribution in [2.75, 3.05) is 52.9 Å². The van der Waals surface area contributed by atoms with Gasteiger partial charge in [0.2, 0.25) is 0 Å². The number of benzene rings is 2. The highest BCUT2D eigenvalue weighted by Gasteiger charge is 2.35. The lowest BCUT2D eigenvalue weighted by Crippen LogP contribution is -2.34. The van der Waals surface area contributed by atoms with Gasteiger partial charge in [0.15, 0.2) is 0 Å². The fourth-order valence-electron chi connectivity index (χ4n) is 9.12. The van der Waals surface area contributed by atoms with Gasteiger partial charge in [0.1, 0.15) is 18.1 Å². The van der Waals surface area contributed by atoms with Crippen molar-refractivity contribution in [1.82, 2.24) is 0 Å². The summed E-state index contributed by atoms with van der Waals surface area (Å²) in [7, 11) is 0. The molecular formula is C52H50O7S4. The highest BCUT2D eigenvalue weighted by molar-refractivity contribution is 7.23. The van der Waals surface area contributed by atoms with Gasteiger partial charge in [-0.1, -0.05) is 60.7 Å². The minimum Gasteiger partial charge on any atom is -0.507 e. The van der Waals surface area contributed by atoms with E-state index in [4.69, 9.17) is 23.7 Å². The molecule has 1 aliphatic heterocycles. The molecule has 10 bridgehead atoms. The third kappa shape index (κ3) is 9.68. The van der Waals surface area contributed by atoms with Crippen molar-refractivity contribution in [1.29, 1.82) is 0 Å². The Morgan fingerprint density at radius 3 is 1.90 bits per heavy atom. The molecule has 2 unspecified atom stereocenters. The van der Waals surface area contributed by atoms with Crippen molar-refractivity contribution in [3.05, 3.63) is 158 Å². The number of rotatable bonds is 4. The van der Waals surface area contributed by atoms with Crippen LogP contribution in [0.3, 0.4) is 0 Å². The third-order valence-electron chi connectivity index (χ3n) is 12.2. The van der Waals surface area contributed by atoms with Gasteiger partial charge >= 0.3 is 0 Å². The fourth-order valence-corrected chi connectivity index (χ4v) is 12.8. The minimum absolute atomic E-state index is 0.0433. The van der Waals surface area contributed by atoms with Gasteiger partial charge in [0.05, 0.1) is 58.5 Å². The molecule has 4 atom stereocenters. The molecule has 0 spiro atoms. The molecule has 3 aliphatic carbocycles. The number of hydrogen-bond acceptors (Lipinski definition) is 11. The molecule has 0 fully saturated rings.